The SMILES string of the molecule is COCCN(C)SNC(=O)c1cnc2ccc(N3CCC(F)C3)cn12.Fc1ccc(OC2CCOCC2)cc1. The quantitative estimate of drug-likeness (QED) is 0.390. The van der Waals surface area contributed by atoms with Gasteiger partial charge in [0.1, 0.15) is 35.2 Å². The third-order valence-corrected chi connectivity index (χ3v) is 7.18. The van der Waals surface area contributed by atoms with Crippen LogP contribution in [0.25, 0.3) is 5.65 Å². The summed E-state index contributed by atoms with van der Waals surface area (Å²) in [7, 11) is 3.51. The molecule has 2 saturated heterocycles. The van der Waals surface area contributed by atoms with E-state index in [1.54, 1.807) is 29.8 Å². The highest BCUT2D eigenvalue weighted by Gasteiger charge is 2.23. The van der Waals surface area contributed by atoms with Crippen molar-refractivity contribution >= 4 is 29.4 Å². The van der Waals surface area contributed by atoms with Crippen LogP contribution < -0.4 is 14.4 Å². The molecule has 5 rings (SSSR count). The molecule has 1 amide bonds. The second kappa shape index (κ2) is 14.5. The van der Waals surface area contributed by atoms with Crippen LogP contribution in [0.4, 0.5) is 14.5 Å². The van der Waals surface area contributed by atoms with Crippen LogP contribution in [0.2, 0.25) is 0 Å². The Balaban J connectivity index is 0.000000212. The molecule has 2 aliphatic rings. The highest BCUT2D eigenvalue weighted by molar-refractivity contribution is 7.95. The molecule has 1 atom stereocenters. The first-order valence-electron chi connectivity index (χ1n) is 13.0. The summed E-state index contributed by atoms with van der Waals surface area (Å²) < 4.78 is 48.3. The Bertz CT molecular complexity index is 1190. The molecule has 2 fully saturated rings. The van der Waals surface area contributed by atoms with Gasteiger partial charge in [-0.25, -0.2) is 18.1 Å². The predicted molar refractivity (Wildman–Crippen MR) is 147 cm³/mol. The van der Waals surface area contributed by atoms with Crippen LogP contribution in [-0.4, -0.2) is 85.5 Å². The van der Waals surface area contributed by atoms with Crippen LogP contribution in [0, 0.1) is 5.82 Å². The van der Waals surface area contributed by atoms with Crippen molar-refractivity contribution in [2.75, 3.05) is 58.5 Å². The molecule has 0 aliphatic carbocycles. The number of likely N-dealkylation sites (N-methyl/N-ethyl adjacent to an activating group) is 1. The monoisotopic (exact) mass is 563 g/mol. The number of hydrogen-bond donors (Lipinski definition) is 1. The number of imidazole rings is 1. The number of anilines is 1. The molecule has 0 radical (unpaired) electrons. The number of aromatic nitrogens is 2. The van der Waals surface area contributed by atoms with Crippen molar-refractivity contribution in [3.63, 3.8) is 0 Å². The molecule has 0 saturated carbocycles. The lowest BCUT2D eigenvalue weighted by Crippen LogP contribution is -2.26. The minimum Gasteiger partial charge on any atom is -0.490 e. The third kappa shape index (κ3) is 8.53. The van der Waals surface area contributed by atoms with Crippen molar-refractivity contribution < 1.29 is 27.8 Å². The average molecular weight is 564 g/mol. The van der Waals surface area contributed by atoms with Gasteiger partial charge in [0.25, 0.3) is 5.91 Å². The highest BCUT2D eigenvalue weighted by atomic mass is 32.2. The fourth-order valence-electron chi connectivity index (χ4n) is 4.21. The van der Waals surface area contributed by atoms with E-state index >= 15 is 0 Å². The second-order valence-electron chi connectivity index (χ2n) is 9.34. The number of pyridine rings is 1. The van der Waals surface area contributed by atoms with Gasteiger partial charge in [0.2, 0.25) is 0 Å². The van der Waals surface area contributed by atoms with E-state index in [-0.39, 0.29) is 17.8 Å². The molecule has 1 N–H and O–H groups in total. The van der Waals surface area contributed by atoms with Crippen LogP contribution in [0.3, 0.4) is 0 Å². The van der Waals surface area contributed by atoms with Gasteiger partial charge in [0.05, 0.1) is 31.7 Å². The Morgan fingerprint density at radius 2 is 1.97 bits per heavy atom. The largest absolute Gasteiger partial charge is 0.490 e. The summed E-state index contributed by atoms with van der Waals surface area (Å²) in [5.74, 6) is 0.270. The molecule has 4 heterocycles. The topological polar surface area (TPSA) is 80.6 Å². The van der Waals surface area contributed by atoms with Gasteiger partial charge in [-0.1, -0.05) is 0 Å². The summed E-state index contributed by atoms with van der Waals surface area (Å²) in [5, 5.41) is 0. The van der Waals surface area contributed by atoms with E-state index in [0.717, 1.165) is 37.5 Å². The molecule has 12 heteroatoms. The normalized spacial score (nSPS) is 17.8. The zero-order chi connectivity index (χ0) is 27.6. The number of alkyl halides is 1. The predicted octanol–water partition coefficient (Wildman–Crippen LogP) is 4.14. The summed E-state index contributed by atoms with van der Waals surface area (Å²) in [6.45, 7) is 3.87. The molecule has 2 aromatic heterocycles. The first-order chi connectivity index (χ1) is 18.9. The lowest BCUT2D eigenvalue weighted by Gasteiger charge is -2.23. The van der Waals surface area contributed by atoms with E-state index in [0.29, 0.717) is 44.0 Å². The minimum absolute atomic E-state index is 0.217. The Morgan fingerprint density at radius 1 is 1.21 bits per heavy atom. The maximum atomic E-state index is 13.4. The number of nitrogens with zero attached hydrogens (tertiary/aromatic N) is 4. The van der Waals surface area contributed by atoms with Crippen molar-refractivity contribution in [1.82, 2.24) is 18.4 Å². The molecule has 3 aromatic rings. The first kappa shape index (κ1) is 29.1. The first-order valence-corrected chi connectivity index (χ1v) is 13.7. The standard InChI is InChI=1S/C16H22FN5O2S.C11H13FO2/c1-20(7-8-24-2)25-19-16(23)14-9-18-15-4-3-13(11-22(14)15)21-6-5-12(17)10-21;12-9-1-3-10(4-2-9)14-11-5-7-13-8-6-11/h3-4,9,11-12H,5-8,10H2,1-2H3,(H,19,23);1-4,11H,5-8H2. The Labute approximate surface area is 231 Å². The van der Waals surface area contributed by atoms with E-state index < -0.39 is 6.17 Å². The van der Waals surface area contributed by atoms with Gasteiger partial charge in [-0.3, -0.25) is 13.9 Å². The van der Waals surface area contributed by atoms with Crippen LogP contribution >= 0.6 is 12.1 Å². The molecule has 9 nitrogen and oxygen atoms in total. The number of fused-ring (bicyclic) bond motifs is 1. The molecule has 0 bridgehead atoms. The van der Waals surface area contributed by atoms with Gasteiger partial charge in [0.15, 0.2) is 0 Å². The Kier molecular flexibility index (Phi) is 10.8. The van der Waals surface area contributed by atoms with Gasteiger partial charge in [-0.2, -0.15) is 0 Å². The number of ether oxygens (including phenoxy) is 3. The van der Waals surface area contributed by atoms with Crippen LogP contribution in [-0.2, 0) is 9.47 Å². The lowest BCUT2D eigenvalue weighted by molar-refractivity contribution is 0.0255. The summed E-state index contributed by atoms with van der Waals surface area (Å²) >= 11 is 1.21. The van der Waals surface area contributed by atoms with Crippen LogP contribution in [0.15, 0.2) is 48.8 Å². The zero-order valence-electron chi connectivity index (χ0n) is 22.2. The molecule has 1 unspecified atom stereocenters. The molecular formula is C27H35F2N5O4S. The molecule has 2 aliphatic heterocycles. The summed E-state index contributed by atoms with van der Waals surface area (Å²) in [6.07, 6.45) is 5.18. The fraction of sp³-hybridized carbons (Fsp3) is 0.481. The number of amides is 1. The van der Waals surface area contributed by atoms with E-state index in [4.69, 9.17) is 14.2 Å². The van der Waals surface area contributed by atoms with Crippen molar-refractivity contribution in [2.24, 2.45) is 0 Å². The number of carbonyl (C=O) groups is 1. The van der Waals surface area contributed by atoms with Gasteiger partial charge in [-0.15, -0.1) is 0 Å². The molecule has 1 aromatic carbocycles. The van der Waals surface area contributed by atoms with E-state index in [2.05, 4.69) is 9.71 Å². The number of methoxy groups -OCH3 is 1. The summed E-state index contributed by atoms with van der Waals surface area (Å²) in [5.41, 5.74) is 2.02. The zero-order valence-corrected chi connectivity index (χ0v) is 23.0. The summed E-state index contributed by atoms with van der Waals surface area (Å²) in [6, 6.07) is 9.89. The van der Waals surface area contributed by atoms with Crippen LogP contribution in [0.5, 0.6) is 5.75 Å². The number of halogens is 2. The number of hydrogen-bond acceptors (Lipinski definition) is 8. The van der Waals surface area contributed by atoms with Crippen molar-refractivity contribution in [3.8, 4) is 5.75 Å². The van der Waals surface area contributed by atoms with Gasteiger partial charge in [0, 0.05) is 57.9 Å². The molecule has 212 valence electrons. The van der Waals surface area contributed by atoms with Crippen molar-refractivity contribution in [2.45, 2.75) is 31.5 Å². The number of nitrogens with one attached hydrogen (secondary N) is 1. The van der Waals surface area contributed by atoms with E-state index in [1.807, 2.05) is 34.6 Å². The van der Waals surface area contributed by atoms with Crippen molar-refractivity contribution in [3.05, 3.63) is 60.3 Å². The summed E-state index contributed by atoms with van der Waals surface area (Å²) in [4.78, 5) is 18.7. The third-order valence-electron chi connectivity index (χ3n) is 6.41. The average Bonchev–Trinajstić information content (AvgIpc) is 3.58. The highest BCUT2D eigenvalue weighted by Crippen LogP contribution is 2.23. The minimum atomic E-state index is -0.791. The molecule has 39 heavy (non-hydrogen) atoms. The number of benzene rings is 1. The second-order valence-corrected chi connectivity index (χ2v) is 10.4. The Morgan fingerprint density at radius 3 is 2.67 bits per heavy atom. The van der Waals surface area contributed by atoms with Gasteiger partial charge < -0.3 is 19.1 Å². The van der Waals surface area contributed by atoms with Crippen molar-refractivity contribution in [1.29, 1.82) is 0 Å². The van der Waals surface area contributed by atoms with Gasteiger partial charge in [-0.05, 0) is 49.9 Å². The smallest absolute Gasteiger partial charge is 0.280 e. The van der Waals surface area contributed by atoms with Gasteiger partial charge >= 0.3 is 0 Å². The number of rotatable bonds is 9. The maximum absolute atomic E-state index is 13.4. The van der Waals surface area contributed by atoms with E-state index in [1.165, 1.54) is 24.3 Å². The maximum Gasteiger partial charge on any atom is 0.280 e. The van der Waals surface area contributed by atoms with Crippen LogP contribution in [0.1, 0.15) is 29.8 Å². The molecular weight excluding hydrogens is 528 g/mol. The number of carbonyl (C=O) groups excluding carboxylic acids is 1. The Hall–Kier alpha value is -2.93. The van der Waals surface area contributed by atoms with E-state index in [9.17, 15) is 13.6 Å². The fourth-order valence-corrected chi connectivity index (χ4v) is 4.72. The lowest BCUT2D eigenvalue weighted by atomic mass is 10.1. The molecule has 0 spiro atoms.